The van der Waals surface area contributed by atoms with Gasteiger partial charge in [-0.1, -0.05) is 136 Å². The van der Waals surface area contributed by atoms with E-state index in [1.807, 2.05) is 0 Å². The number of carbonyl (C=O) groups excluding carboxylic acids is 2. The van der Waals surface area contributed by atoms with E-state index >= 15 is 0 Å². The molecule has 1 aliphatic rings. The number of aliphatic hydroxyl groups excluding tert-OH is 3. The summed E-state index contributed by atoms with van der Waals surface area (Å²) in [5, 5.41) is 43.0. The fourth-order valence-electron chi connectivity index (χ4n) is 6.25. The molecule has 0 spiro atoms. The number of aliphatic hydroxyl groups is 3. The zero-order chi connectivity index (χ0) is 34.0. The van der Waals surface area contributed by atoms with Gasteiger partial charge in [0.2, 0.25) is 11.8 Å². The Morgan fingerprint density at radius 2 is 1.09 bits per heavy atom. The van der Waals surface area contributed by atoms with Gasteiger partial charge in [-0.05, 0) is 12.8 Å². The third kappa shape index (κ3) is 18.6. The smallest absolute Gasteiger partial charge is 0.303 e. The van der Waals surface area contributed by atoms with Gasteiger partial charge in [0.05, 0.1) is 13.0 Å². The lowest BCUT2D eigenvalue weighted by Crippen LogP contribution is -2.68. The van der Waals surface area contributed by atoms with E-state index in [0.29, 0.717) is 13.0 Å². The van der Waals surface area contributed by atoms with E-state index in [2.05, 4.69) is 19.2 Å². The van der Waals surface area contributed by atoms with E-state index < -0.39 is 49.1 Å². The highest BCUT2D eigenvalue weighted by molar-refractivity contribution is 5.81. The number of hydrogen-bond donors (Lipinski definition) is 5. The molecule has 0 aliphatic carbocycles. The molecule has 0 saturated carbocycles. The third-order valence-corrected chi connectivity index (χ3v) is 9.17. The second kappa shape index (κ2) is 27.2. The van der Waals surface area contributed by atoms with Gasteiger partial charge in [0.1, 0.15) is 24.4 Å². The minimum Gasteiger partial charge on any atom is -0.481 e. The maximum Gasteiger partial charge on any atom is 0.303 e. The highest BCUT2D eigenvalue weighted by Crippen LogP contribution is 2.26. The molecule has 1 rings (SSSR count). The average Bonchev–Trinajstić information content (AvgIpc) is 3.04. The van der Waals surface area contributed by atoms with Gasteiger partial charge in [-0.3, -0.25) is 14.4 Å². The number of carboxylic acid groups (broad SMARTS) is 1. The van der Waals surface area contributed by atoms with Gasteiger partial charge in [-0.2, -0.15) is 0 Å². The van der Waals surface area contributed by atoms with Crippen LogP contribution in [0.5, 0.6) is 0 Å². The SMILES string of the molecule is CCCCCCCCCCCCCCN(C(=O)CCCCCCCCCCC)[C@@H]1O[C@H](CO)[C@@H](O)[C@H](O)[C@@H]1NC(=O)CCC(=O)O. The summed E-state index contributed by atoms with van der Waals surface area (Å²) in [7, 11) is 0. The van der Waals surface area contributed by atoms with Crippen LogP contribution < -0.4 is 5.32 Å². The minimum atomic E-state index is -1.50. The normalized spacial score (nSPS) is 21.3. The molecule has 0 aromatic rings. The number of aliphatic carboxylic acids is 1. The van der Waals surface area contributed by atoms with Gasteiger partial charge < -0.3 is 35.4 Å². The first-order valence-corrected chi connectivity index (χ1v) is 18.7. The van der Waals surface area contributed by atoms with Gasteiger partial charge in [0, 0.05) is 19.4 Å². The quantitative estimate of drug-likeness (QED) is 0.0594. The molecule has 1 saturated heterocycles. The predicted molar refractivity (Wildman–Crippen MR) is 181 cm³/mol. The van der Waals surface area contributed by atoms with Gasteiger partial charge >= 0.3 is 5.97 Å². The van der Waals surface area contributed by atoms with E-state index in [1.165, 1.54) is 83.5 Å². The summed E-state index contributed by atoms with van der Waals surface area (Å²) in [6, 6.07) is -1.16. The molecular formula is C36H68N2O8. The lowest BCUT2D eigenvalue weighted by Gasteiger charge is -2.47. The van der Waals surface area contributed by atoms with Crippen LogP contribution in [0.2, 0.25) is 0 Å². The Labute approximate surface area is 279 Å². The van der Waals surface area contributed by atoms with Gasteiger partial charge in [-0.15, -0.1) is 0 Å². The number of nitrogens with one attached hydrogen (secondary N) is 1. The zero-order valence-electron chi connectivity index (χ0n) is 29.1. The monoisotopic (exact) mass is 656 g/mol. The lowest BCUT2D eigenvalue weighted by atomic mass is 9.94. The summed E-state index contributed by atoms with van der Waals surface area (Å²) in [4.78, 5) is 38.8. The lowest BCUT2D eigenvalue weighted by molar-refractivity contribution is -0.231. The molecule has 270 valence electrons. The molecule has 1 aliphatic heterocycles. The number of carbonyl (C=O) groups is 3. The minimum absolute atomic E-state index is 0.152. The van der Waals surface area contributed by atoms with Gasteiger partial charge in [0.25, 0.3) is 0 Å². The van der Waals surface area contributed by atoms with Crippen LogP contribution in [0.25, 0.3) is 0 Å². The fourth-order valence-corrected chi connectivity index (χ4v) is 6.25. The molecule has 10 heteroatoms. The number of ether oxygens (including phenoxy) is 1. The maximum atomic E-state index is 13.7. The Morgan fingerprint density at radius 1 is 0.630 bits per heavy atom. The van der Waals surface area contributed by atoms with E-state index in [9.17, 15) is 29.7 Å². The Kier molecular flexibility index (Phi) is 25.0. The van der Waals surface area contributed by atoms with Crippen molar-refractivity contribution in [2.45, 2.75) is 199 Å². The number of rotatable bonds is 29. The summed E-state index contributed by atoms with van der Waals surface area (Å²) in [6.07, 6.45) is 18.6. The van der Waals surface area contributed by atoms with Crippen molar-refractivity contribution < 1.29 is 39.5 Å². The predicted octanol–water partition coefficient (Wildman–Crippen LogP) is 6.23. The molecule has 0 bridgehead atoms. The van der Waals surface area contributed by atoms with Gasteiger partial charge in [-0.25, -0.2) is 0 Å². The molecule has 5 N–H and O–H groups in total. The van der Waals surface area contributed by atoms with Crippen molar-refractivity contribution in [3.05, 3.63) is 0 Å². The molecule has 46 heavy (non-hydrogen) atoms. The average molecular weight is 657 g/mol. The van der Waals surface area contributed by atoms with Crippen LogP contribution in [0, 0.1) is 0 Å². The molecule has 0 aromatic heterocycles. The number of nitrogens with zero attached hydrogens (tertiary/aromatic N) is 1. The molecular weight excluding hydrogens is 588 g/mol. The molecule has 0 unspecified atom stereocenters. The van der Waals surface area contributed by atoms with E-state index in [1.54, 1.807) is 4.90 Å². The number of amides is 2. The van der Waals surface area contributed by atoms with Crippen LogP contribution in [0.1, 0.15) is 168 Å². The van der Waals surface area contributed by atoms with E-state index in [-0.39, 0.29) is 18.7 Å². The number of hydrogen-bond acceptors (Lipinski definition) is 7. The van der Waals surface area contributed by atoms with Crippen molar-refractivity contribution in [3.63, 3.8) is 0 Å². The van der Waals surface area contributed by atoms with Crippen LogP contribution in [-0.2, 0) is 19.1 Å². The van der Waals surface area contributed by atoms with Crippen LogP contribution in [0.15, 0.2) is 0 Å². The molecule has 1 heterocycles. The summed E-state index contributed by atoms with van der Waals surface area (Å²) in [6.45, 7) is 4.24. The second-order valence-electron chi connectivity index (χ2n) is 13.3. The first-order chi connectivity index (χ1) is 22.3. The van der Waals surface area contributed by atoms with Crippen molar-refractivity contribution in [1.29, 1.82) is 0 Å². The zero-order valence-corrected chi connectivity index (χ0v) is 29.1. The van der Waals surface area contributed by atoms with E-state index in [4.69, 9.17) is 9.84 Å². The highest BCUT2D eigenvalue weighted by Gasteiger charge is 2.48. The molecule has 2 amide bonds. The Balaban J connectivity index is 2.79. The maximum absolute atomic E-state index is 13.7. The van der Waals surface area contributed by atoms with Crippen LogP contribution in [-0.4, -0.2) is 86.8 Å². The molecule has 1 fully saturated rings. The summed E-state index contributed by atoms with van der Waals surface area (Å²) < 4.78 is 6.00. The fraction of sp³-hybridized carbons (Fsp3) is 0.917. The summed E-state index contributed by atoms with van der Waals surface area (Å²) in [5.41, 5.74) is 0. The van der Waals surface area contributed by atoms with Crippen molar-refractivity contribution >= 4 is 17.8 Å². The van der Waals surface area contributed by atoms with Crippen LogP contribution >= 0.6 is 0 Å². The molecule has 10 nitrogen and oxygen atoms in total. The molecule has 0 radical (unpaired) electrons. The van der Waals surface area contributed by atoms with Crippen molar-refractivity contribution in [3.8, 4) is 0 Å². The van der Waals surface area contributed by atoms with E-state index in [0.717, 1.165) is 51.4 Å². The van der Waals surface area contributed by atoms with Crippen molar-refractivity contribution in [2.24, 2.45) is 0 Å². The number of unbranched alkanes of at least 4 members (excludes halogenated alkanes) is 19. The standard InChI is InChI=1S/C36H68N2O8/c1-3-5-7-9-11-13-14-15-17-19-21-23-27-38(31(41)24-22-20-18-16-12-10-8-6-4-2)36-33(37-30(40)25-26-32(42)43)35(45)34(44)29(28-39)46-36/h29,33-36,39,44-45H,3-28H2,1-2H3,(H,37,40)(H,42,43)/t29-,33+,34-,35-,36-/m1/s1. The Bertz CT molecular complexity index is 798. The highest BCUT2D eigenvalue weighted by atomic mass is 16.5. The molecule has 5 atom stereocenters. The Morgan fingerprint density at radius 3 is 1.54 bits per heavy atom. The van der Waals surface area contributed by atoms with Crippen molar-refractivity contribution in [1.82, 2.24) is 10.2 Å². The first-order valence-electron chi connectivity index (χ1n) is 18.7. The second-order valence-corrected chi connectivity index (χ2v) is 13.3. The summed E-state index contributed by atoms with van der Waals surface area (Å²) >= 11 is 0. The first kappa shape index (κ1) is 42.3. The third-order valence-electron chi connectivity index (χ3n) is 9.17. The topological polar surface area (TPSA) is 157 Å². The molecule has 0 aromatic carbocycles. The van der Waals surface area contributed by atoms with Crippen molar-refractivity contribution in [2.75, 3.05) is 13.2 Å². The Hall–Kier alpha value is -1.75. The van der Waals surface area contributed by atoms with Crippen LogP contribution in [0.4, 0.5) is 0 Å². The summed E-state index contributed by atoms with van der Waals surface area (Å²) in [5.74, 6) is -1.90. The largest absolute Gasteiger partial charge is 0.481 e. The number of carboxylic acids is 1. The van der Waals surface area contributed by atoms with Crippen LogP contribution in [0.3, 0.4) is 0 Å². The van der Waals surface area contributed by atoms with Gasteiger partial charge in [0.15, 0.2) is 6.23 Å².